The van der Waals surface area contributed by atoms with Crippen LogP contribution in [-0.2, 0) is 4.84 Å². The number of urea groups is 1. The molecule has 0 aliphatic heterocycles. The first-order valence-electron chi connectivity index (χ1n) is 2.19. The van der Waals surface area contributed by atoms with E-state index in [1.807, 2.05) is 5.43 Å². The summed E-state index contributed by atoms with van der Waals surface area (Å²) in [6, 6.07) is -0.668. The monoisotopic (exact) mass is 155 g/mol. The van der Waals surface area contributed by atoms with Crippen molar-refractivity contribution in [2.45, 2.75) is 6.92 Å². The second kappa shape index (κ2) is 7.48. The van der Waals surface area contributed by atoms with Crippen LogP contribution in [0.5, 0.6) is 0 Å². The number of nitrogens with two attached hydrogens (primary N) is 1. The Morgan fingerprint density at radius 1 is 1.78 bits per heavy atom. The van der Waals surface area contributed by atoms with Crippen LogP contribution in [0.2, 0.25) is 0 Å². The maximum Gasteiger partial charge on any atom is 0.328 e. The number of carbonyl (C=O) groups is 1. The van der Waals surface area contributed by atoms with E-state index in [0.29, 0.717) is 6.61 Å². The number of halogens is 1. The van der Waals surface area contributed by atoms with E-state index >= 15 is 0 Å². The van der Waals surface area contributed by atoms with Gasteiger partial charge in [0.05, 0.1) is 6.61 Å². The number of nitrogens with one attached hydrogen (secondary N) is 2. The highest BCUT2D eigenvalue weighted by atomic mass is 35.5. The molecule has 0 saturated heterocycles. The summed E-state index contributed by atoms with van der Waals surface area (Å²) in [6.45, 7) is 2.25. The molecule has 6 heteroatoms. The lowest BCUT2D eigenvalue weighted by Crippen LogP contribution is -2.40. The van der Waals surface area contributed by atoms with Crippen LogP contribution in [0.3, 0.4) is 0 Å². The lowest BCUT2D eigenvalue weighted by molar-refractivity contribution is 0.0289. The Balaban J connectivity index is 0. The molecule has 0 aromatic heterocycles. The zero-order chi connectivity index (χ0) is 6.41. The maximum atomic E-state index is 9.84. The van der Waals surface area contributed by atoms with Crippen LogP contribution in [0.25, 0.3) is 0 Å². The van der Waals surface area contributed by atoms with Crippen molar-refractivity contribution < 1.29 is 9.63 Å². The Morgan fingerprint density at radius 3 is 2.67 bits per heavy atom. The van der Waals surface area contributed by atoms with Crippen molar-refractivity contribution >= 4 is 18.4 Å². The molecule has 0 rings (SSSR count). The first-order valence-corrected chi connectivity index (χ1v) is 2.19. The predicted octanol–water partition coefficient (Wildman–Crippen LogP) is -0.467. The molecule has 0 aromatic carbocycles. The van der Waals surface area contributed by atoms with Crippen molar-refractivity contribution in [2.24, 2.45) is 5.73 Å². The molecule has 5 nitrogen and oxygen atoms in total. The lowest BCUT2D eigenvalue weighted by Gasteiger charge is -2.00. The van der Waals surface area contributed by atoms with Gasteiger partial charge in [0.15, 0.2) is 0 Å². The van der Waals surface area contributed by atoms with Crippen LogP contribution in [0.1, 0.15) is 6.92 Å². The van der Waals surface area contributed by atoms with Crippen LogP contribution >= 0.6 is 12.4 Å². The molecule has 0 radical (unpaired) electrons. The predicted molar refractivity (Wildman–Crippen MR) is 34.7 cm³/mol. The Kier molecular flexibility index (Phi) is 9.39. The summed E-state index contributed by atoms with van der Waals surface area (Å²) in [5, 5.41) is 0. The van der Waals surface area contributed by atoms with E-state index < -0.39 is 6.03 Å². The van der Waals surface area contributed by atoms with E-state index in [0.717, 1.165) is 0 Å². The molecule has 0 atom stereocenters. The van der Waals surface area contributed by atoms with Crippen LogP contribution in [0.4, 0.5) is 4.79 Å². The third kappa shape index (κ3) is 11.2. The molecule has 0 unspecified atom stereocenters. The molecule has 2 amide bonds. The molecule has 4 N–H and O–H groups in total. The number of carbonyl (C=O) groups excluding carboxylic acids is 1. The van der Waals surface area contributed by atoms with Gasteiger partial charge < -0.3 is 5.73 Å². The summed E-state index contributed by atoms with van der Waals surface area (Å²) in [4.78, 5) is 14.3. The van der Waals surface area contributed by atoms with Gasteiger partial charge in [-0.1, -0.05) is 0 Å². The lowest BCUT2D eigenvalue weighted by atomic mass is 10.9. The second-order valence-electron chi connectivity index (χ2n) is 1.02. The molecular weight excluding hydrogens is 146 g/mol. The average Bonchev–Trinajstić information content (AvgIpc) is 1.66. The van der Waals surface area contributed by atoms with E-state index in [1.54, 1.807) is 6.92 Å². The fraction of sp³-hybridized carbons (Fsp3) is 0.667. The van der Waals surface area contributed by atoms with Gasteiger partial charge in [-0.3, -0.25) is 10.3 Å². The number of amides is 2. The highest BCUT2D eigenvalue weighted by Gasteiger charge is 1.84. The minimum Gasteiger partial charge on any atom is -0.350 e. The molecule has 0 heterocycles. The minimum atomic E-state index is -0.668. The van der Waals surface area contributed by atoms with Crippen molar-refractivity contribution in [1.29, 1.82) is 0 Å². The van der Waals surface area contributed by atoms with Crippen molar-refractivity contribution in [1.82, 2.24) is 11.0 Å². The standard InChI is InChI=1S/C3H9N3O2.ClH/c1-2-8-6-5-3(4)7;/h6H,2H2,1H3,(H3,4,5,7);1H. The molecule has 56 valence electrons. The van der Waals surface area contributed by atoms with Gasteiger partial charge in [0.2, 0.25) is 0 Å². The van der Waals surface area contributed by atoms with Crippen LogP contribution in [0, 0.1) is 0 Å². The summed E-state index contributed by atoms with van der Waals surface area (Å²) in [5.41, 5.74) is 8.76. The molecule has 0 aromatic rings. The molecule has 0 aliphatic rings. The quantitative estimate of drug-likeness (QED) is 0.381. The Morgan fingerprint density at radius 2 is 2.33 bits per heavy atom. The fourth-order valence-electron chi connectivity index (χ4n) is 0.159. The first kappa shape index (κ1) is 11.3. The van der Waals surface area contributed by atoms with Crippen molar-refractivity contribution in [3.8, 4) is 0 Å². The third-order valence-corrected chi connectivity index (χ3v) is 0.391. The van der Waals surface area contributed by atoms with E-state index in [-0.39, 0.29) is 12.4 Å². The second-order valence-corrected chi connectivity index (χ2v) is 1.02. The topological polar surface area (TPSA) is 76.4 Å². The number of primary amides is 1. The Bertz CT molecular complexity index is 79.5. The van der Waals surface area contributed by atoms with Gasteiger partial charge in [0.25, 0.3) is 0 Å². The molecule has 0 bridgehead atoms. The molecule has 0 saturated carbocycles. The summed E-state index contributed by atoms with van der Waals surface area (Å²) in [5.74, 6) is 0. The normalized spacial score (nSPS) is 7.67. The fourth-order valence-corrected chi connectivity index (χ4v) is 0.159. The van der Waals surface area contributed by atoms with Crippen LogP contribution < -0.4 is 16.7 Å². The van der Waals surface area contributed by atoms with Gasteiger partial charge >= 0.3 is 6.03 Å². The smallest absolute Gasteiger partial charge is 0.328 e. The van der Waals surface area contributed by atoms with Gasteiger partial charge in [-0.25, -0.2) is 4.79 Å². The number of hydrogen-bond donors (Lipinski definition) is 3. The molecule has 0 aliphatic carbocycles. The average molecular weight is 156 g/mol. The van der Waals surface area contributed by atoms with Gasteiger partial charge in [-0.2, -0.15) is 0 Å². The first-order chi connectivity index (χ1) is 3.77. The largest absolute Gasteiger partial charge is 0.350 e. The summed E-state index contributed by atoms with van der Waals surface area (Å²) in [6.07, 6.45) is 0. The van der Waals surface area contributed by atoms with Gasteiger partial charge in [-0.15, -0.1) is 18.0 Å². The van der Waals surface area contributed by atoms with Gasteiger partial charge in [0.1, 0.15) is 0 Å². The van der Waals surface area contributed by atoms with E-state index in [2.05, 4.69) is 16.2 Å². The molecular formula is C3H10ClN3O2. The minimum absolute atomic E-state index is 0. The molecule has 0 spiro atoms. The van der Waals surface area contributed by atoms with Crippen LogP contribution in [-0.4, -0.2) is 12.6 Å². The van der Waals surface area contributed by atoms with Crippen molar-refractivity contribution in [3.05, 3.63) is 0 Å². The van der Waals surface area contributed by atoms with E-state index in [9.17, 15) is 4.79 Å². The zero-order valence-corrected chi connectivity index (χ0v) is 5.83. The summed E-state index contributed by atoms with van der Waals surface area (Å²) < 4.78 is 0. The Hall–Kier alpha value is -0.520. The molecule has 0 fully saturated rings. The summed E-state index contributed by atoms with van der Waals surface area (Å²) in [7, 11) is 0. The maximum absolute atomic E-state index is 9.84. The number of hydrazine groups is 1. The molecule has 9 heavy (non-hydrogen) atoms. The van der Waals surface area contributed by atoms with Gasteiger partial charge in [-0.05, 0) is 6.92 Å². The van der Waals surface area contributed by atoms with Crippen molar-refractivity contribution in [3.63, 3.8) is 0 Å². The highest BCUT2D eigenvalue weighted by Crippen LogP contribution is 1.56. The highest BCUT2D eigenvalue weighted by molar-refractivity contribution is 5.85. The van der Waals surface area contributed by atoms with Crippen LogP contribution in [0.15, 0.2) is 0 Å². The van der Waals surface area contributed by atoms with Crippen molar-refractivity contribution in [2.75, 3.05) is 6.61 Å². The third-order valence-electron chi connectivity index (χ3n) is 0.391. The Labute approximate surface area is 59.3 Å². The zero-order valence-electron chi connectivity index (χ0n) is 5.01. The SMILES string of the molecule is CCONNC(N)=O.Cl. The summed E-state index contributed by atoms with van der Waals surface area (Å²) >= 11 is 0. The number of rotatable bonds is 3. The van der Waals surface area contributed by atoms with Gasteiger partial charge in [0, 0.05) is 0 Å². The number of hydrogen-bond acceptors (Lipinski definition) is 3. The van der Waals surface area contributed by atoms with E-state index in [1.165, 1.54) is 0 Å². The van der Waals surface area contributed by atoms with E-state index in [4.69, 9.17) is 0 Å².